The Bertz CT molecular complexity index is 1640. The molecule has 0 aliphatic rings. The lowest BCUT2D eigenvalue weighted by molar-refractivity contribution is -0.138. The summed E-state index contributed by atoms with van der Waals surface area (Å²) in [6.07, 6.45) is 2.61. The van der Waals surface area contributed by atoms with Crippen LogP contribution in [0.3, 0.4) is 0 Å². The highest BCUT2D eigenvalue weighted by atomic mass is 28.4. The Balaban J connectivity index is 1.47. The Morgan fingerprint density at radius 1 is 0.577 bits per heavy atom. The molecule has 0 radical (unpaired) electrons. The predicted octanol–water partition coefficient (Wildman–Crippen LogP) is 9.41. The fourth-order valence-corrected chi connectivity index (χ4v) is 12.4. The van der Waals surface area contributed by atoms with Gasteiger partial charge in [-0.2, -0.15) is 0 Å². The SMILES string of the molecule is CCCC[C@@](C)(CCC(O)[C@](C)(O)CO[Si](c1ccccc1)(c1ccccc1)C(C)(C)C)OC(c1ccccc1)(c1ccccc1)c1ccccc1. The first-order chi connectivity index (χ1) is 24.9. The van der Waals surface area contributed by atoms with Crippen LogP contribution in [0.25, 0.3) is 0 Å². The third kappa shape index (κ3) is 8.51. The van der Waals surface area contributed by atoms with Crippen molar-refractivity contribution in [3.63, 3.8) is 0 Å². The van der Waals surface area contributed by atoms with Crippen LogP contribution in [0.15, 0.2) is 152 Å². The maximum absolute atomic E-state index is 12.1. The Morgan fingerprint density at radius 3 is 1.33 bits per heavy atom. The standard InChI is InChI=1S/C47H58O4Si/c1-7-8-35-45(5,51-47(38-24-14-9-15-25-38,39-26-16-10-17-27-39)40-28-18-11-19-29-40)36-34-43(48)46(6,49)37-50-52(44(2,3)4,41-30-20-12-21-31-41)42-32-22-13-23-33-42/h9-33,43,48-49H,7-8,34-37H2,1-6H3/t43?,45-,46+/m0/s1. The molecular weight excluding hydrogens is 657 g/mol. The third-order valence-electron chi connectivity index (χ3n) is 10.7. The van der Waals surface area contributed by atoms with E-state index < -0.39 is 31.2 Å². The minimum Gasteiger partial charge on any atom is -0.404 e. The van der Waals surface area contributed by atoms with Gasteiger partial charge in [0, 0.05) is 0 Å². The molecule has 5 rings (SSSR count). The minimum absolute atomic E-state index is 0.00401. The van der Waals surface area contributed by atoms with Gasteiger partial charge in [-0.15, -0.1) is 0 Å². The summed E-state index contributed by atoms with van der Waals surface area (Å²) in [6.45, 7) is 12.7. The lowest BCUT2D eigenvalue weighted by Gasteiger charge is -2.46. The van der Waals surface area contributed by atoms with Crippen LogP contribution in [0.2, 0.25) is 5.04 Å². The third-order valence-corrected chi connectivity index (χ3v) is 15.6. The van der Waals surface area contributed by atoms with Crippen LogP contribution in [-0.2, 0) is 14.8 Å². The van der Waals surface area contributed by atoms with Gasteiger partial charge >= 0.3 is 0 Å². The van der Waals surface area contributed by atoms with Gasteiger partial charge in [-0.3, -0.25) is 0 Å². The minimum atomic E-state index is -2.92. The average Bonchev–Trinajstić information content (AvgIpc) is 3.17. The lowest BCUT2D eigenvalue weighted by Crippen LogP contribution is -2.68. The van der Waals surface area contributed by atoms with E-state index in [1.807, 2.05) is 30.3 Å². The molecule has 52 heavy (non-hydrogen) atoms. The van der Waals surface area contributed by atoms with E-state index in [1.54, 1.807) is 6.92 Å². The van der Waals surface area contributed by atoms with Gasteiger partial charge in [-0.25, -0.2) is 0 Å². The van der Waals surface area contributed by atoms with Crippen molar-refractivity contribution in [3.05, 3.63) is 168 Å². The zero-order valence-corrected chi connectivity index (χ0v) is 33.0. The number of hydrogen-bond donors (Lipinski definition) is 2. The first kappa shape index (κ1) is 39.4. The van der Waals surface area contributed by atoms with Gasteiger partial charge in [0.1, 0.15) is 11.2 Å². The summed E-state index contributed by atoms with van der Waals surface area (Å²) in [4.78, 5) is 0. The van der Waals surface area contributed by atoms with Crippen molar-refractivity contribution in [2.45, 2.75) is 102 Å². The van der Waals surface area contributed by atoms with Gasteiger partial charge in [0.05, 0.1) is 18.3 Å². The van der Waals surface area contributed by atoms with E-state index in [4.69, 9.17) is 9.16 Å². The normalized spacial score (nSPS) is 15.4. The monoisotopic (exact) mass is 714 g/mol. The summed E-state index contributed by atoms with van der Waals surface area (Å²) < 4.78 is 14.7. The molecule has 5 aromatic rings. The van der Waals surface area contributed by atoms with Gasteiger partial charge in [0.25, 0.3) is 8.32 Å². The smallest absolute Gasteiger partial charge is 0.261 e. The molecule has 4 nitrogen and oxygen atoms in total. The molecule has 274 valence electrons. The van der Waals surface area contributed by atoms with Crippen LogP contribution < -0.4 is 10.4 Å². The summed E-state index contributed by atoms with van der Waals surface area (Å²) in [6, 6.07) is 52.2. The molecule has 0 saturated heterocycles. The highest BCUT2D eigenvalue weighted by molar-refractivity contribution is 6.99. The van der Waals surface area contributed by atoms with E-state index in [0.29, 0.717) is 12.8 Å². The van der Waals surface area contributed by atoms with Crippen molar-refractivity contribution < 1.29 is 19.4 Å². The number of hydrogen-bond acceptors (Lipinski definition) is 4. The number of benzene rings is 5. The second-order valence-corrected chi connectivity index (χ2v) is 20.1. The van der Waals surface area contributed by atoms with E-state index in [9.17, 15) is 10.2 Å². The molecule has 0 fully saturated rings. The van der Waals surface area contributed by atoms with Gasteiger partial charge in [0.2, 0.25) is 0 Å². The summed E-state index contributed by atoms with van der Waals surface area (Å²) in [5, 5.41) is 26.0. The molecule has 0 heterocycles. The summed E-state index contributed by atoms with van der Waals surface area (Å²) in [7, 11) is -2.92. The fourth-order valence-electron chi connectivity index (χ4n) is 7.71. The summed E-state index contributed by atoms with van der Waals surface area (Å²) in [5.74, 6) is 0. The molecule has 0 saturated carbocycles. The molecule has 0 spiro atoms. The zero-order valence-electron chi connectivity index (χ0n) is 32.0. The first-order valence-corrected chi connectivity index (χ1v) is 20.8. The molecule has 0 bridgehead atoms. The van der Waals surface area contributed by atoms with Crippen molar-refractivity contribution in [2.75, 3.05) is 6.61 Å². The lowest BCUT2D eigenvalue weighted by atomic mass is 9.78. The van der Waals surface area contributed by atoms with Crippen molar-refractivity contribution in [3.8, 4) is 0 Å². The highest BCUT2D eigenvalue weighted by Gasteiger charge is 2.52. The second kappa shape index (κ2) is 16.9. The molecular formula is C47H58O4Si. The maximum atomic E-state index is 12.1. The van der Waals surface area contributed by atoms with Crippen molar-refractivity contribution in [1.29, 1.82) is 0 Å². The molecule has 0 aliphatic heterocycles. The van der Waals surface area contributed by atoms with Gasteiger partial charge in [-0.05, 0) is 65.2 Å². The molecule has 0 aliphatic carbocycles. The Labute approximate surface area is 313 Å². The largest absolute Gasteiger partial charge is 0.404 e. The molecule has 1 unspecified atom stereocenters. The number of aliphatic hydroxyl groups is 2. The number of aliphatic hydroxyl groups excluding tert-OH is 1. The Hall–Kier alpha value is -3.84. The molecule has 5 heteroatoms. The van der Waals surface area contributed by atoms with Crippen molar-refractivity contribution >= 4 is 18.7 Å². The van der Waals surface area contributed by atoms with Crippen LogP contribution in [0.5, 0.6) is 0 Å². The summed E-state index contributed by atoms with van der Waals surface area (Å²) >= 11 is 0. The van der Waals surface area contributed by atoms with Crippen LogP contribution in [-0.4, -0.2) is 42.4 Å². The van der Waals surface area contributed by atoms with Gasteiger partial charge < -0.3 is 19.4 Å². The Kier molecular flexibility index (Phi) is 12.8. The van der Waals surface area contributed by atoms with Gasteiger partial charge in [0.15, 0.2) is 0 Å². The highest BCUT2D eigenvalue weighted by Crippen LogP contribution is 2.46. The maximum Gasteiger partial charge on any atom is 0.261 e. The zero-order chi connectivity index (χ0) is 37.3. The van der Waals surface area contributed by atoms with Crippen LogP contribution in [0.1, 0.15) is 90.3 Å². The average molecular weight is 715 g/mol. The molecule has 3 atom stereocenters. The Morgan fingerprint density at radius 2 is 0.962 bits per heavy atom. The van der Waals surface area contributed by atoms with Crippen LogP contribution in [0.4, 0.5) is 0 Å². The molecule has 2 N–H and O–H groups in total. The van der Waals surface area contributed by atoms with Gasteiger partial charge in [-0.1, -0.05) is 192 Å². The first-order valence-electron chi connectivity index (χ1n) is 18.9. The number of ether oxygens (including phenoxy) is 1. The molecule has 5 aromatic carbocycles. The van der Waals surface area contributed by atoms with E-state index in [-0.39, 0.29) is 11.6 Å². The topological polar surface area (TPSA) is 58.9 Å². The van der Waals surface area contributed by atoms with E-state index in [0.717, 1.165) is 46.3 Å². The van der Waals surface area contributed by atoms with E-state index in [1.165, 1.54) is 0 Å². The van der Waals surface area contributed by atoms with Crippen molar-refractivity contribution in [1.82, 2.24) is 0 Å². The fraction of sp³-hybridized carbons (Fsp3) is 0.362. The second-order valence-electron chi connectivity index (χ2n) is 15.8. The molecule has 0 aromatic heterocycles. The van der Waals surface area contributed by atoms with Crippen LogP contribution in [0, 0.1) is 0 Å². The quantitative estimate of drug-likeness (QED) is 0.0745. The van der Waals surface area contributed by atoms with E-state index >= 15 is 0 Å². The number of unbranched alkanes of at least 4 members (excludes halogenated alkanes) is 1. The number of rotatable bonds is 17. The van der Waals surface area contributed by atoms with Crippen LogP contribution >= 0.6 is 0 Å². The predicted molar refractivity (Wildman–Crippen MR) is 218 cm³/mol. The van der Waals surface area contributed by atoms with Crippen molar-refractivity contribution in [2.24, 2.45) is 0 Å². The summed E-state index contributed by atoms with van der Waals surface area (Å²) in [5.41, 5.74) is 0.0809. The van der Waals surface area contributed by atoms with E-state index in [2.05, 4.69) is 156 Å². The molecule has 0 amide bonds.